The molecule has 1 aromatic carbocycles. The molecule has 0 bridgehead atoms. The number of esters is 1. The molecule has 2 unspecified atom stereocenters. The minimum Gasteiger partial charge on any atom is -0.460 e. The van der Waals surface area contributed by atoms with Crippen molar-refractivity contribution < 1.29 is 9.53 Å². The van der Waals surface area contributed by atoms with Crippen LogP contribution in [0.15, 0.2) is 28.9 Å². The van der Waals surface area contributed by atoms with Crippen molar-refractivity contribution in [2.75, 3.05) is 18.0 Å². The van der Waals surface area contributed by atoms with Crippen LogP contribution in [-0.2, 0) is 9.53 Å². The van der Waals surface area contributed by atoms with Gasteiger partial charge in [-0.25, -0.2) is 0 Å². The molecule has 0 amide bonds. The van der Waals surface area contributed by atoms with Crippen LogP contribution in [0, 0.1) is 11.8 Å². The molecule has 140 valence electrons. The summed E-state index contributed by atoms with van der Waals surface area (Å²) in [5.41, 5.74) is 1.45. The standard InChI is InChI=1S/C20H24BrClN2O2/c1-12-11-24(8-7-14(12)19(25)26-20(2,3)4)18-15-6-5-13(21)9-17(15)23-10-16(18)22/h5-6,9-10,12,14H,7-8,11H2,1-4H3. The minimum atomic E-state index is -0.452. The van der Waals surface area contributed by atoms with E-state index in [9.17, 15) is 4.79 Å². The predicted octanol–water partition coefficient (Wildman–Crippen LogP) is 5.45. The van der Waals surface area contributed by atoms with Crippen LogP contribution in [0.1, 0.15) is 34.1 Å². The van der Waals surface area contributed by atoms with E-state index in [-0.39, 0.29) is 17.8 Å². The first-order chi connectivity index (χ1) is 12.2. The van der Waals surface area contributed by atoms with Crippen LogP contribution in [-0.4, -0.2) is 29.6 Å². The van der Waals surface area contributed by atoms with Gasteiger partial charge in [0.05, 0.1) is 22.1 Å². The first-order valence-corrected chi connectivity index (χ1v) is 10.0. The van der Waals surface area contributed by atoms with Crippen molar-refractivity contribution in [3.63, 3.8) is 0 Å². The van der Waals surface area contributed by atoms with Gasteiger partial charge < -0.3 is 9.64 Å². The predicted molar refractivity (Wildman–Crippen MR) is 110 cm³/mol. The number of ether oxygens (including phenoxy) is 1. The van der Waals surface area contributed by atoms with Gasteiger partial charge in [-0.1, -0.05) is 34.5 Å². The van der Waals surface area contributed by atoms with E-state index < -0.39 is 5.60 Å². The summed E-state index contributed by atoms with van der Waals surface area (Å²) in [5, 5.41) is 1.67. The largest absolute Gasteiger partial charge is 0.460 e. The summed E-state index contributed by atoms with van der Waals surface area (Å²) < 4.78 is 6.59. The highest BCUT2D eigenvalue weighted by Gasteiger charge is 2.35. The normalized spacial score (nSPS) is 21.1. The highest BCUT2D eigenvalue weighted by molar-refractivity contribution is 9.10. The van der Waals surface area contributed by atoms with E-state index in [0.717, 1.165) is 40.6 Å². The molecule has 0 radical (unpaired) electrons. The Hall–Kier alpha value is -1.33. The molecule has 0 N–H and O–H groups in total. The number of nitrogens with zero attached hydrogens (tertiary/aromatic N) is 2. The van der Waals surface area contributed by atoms with Gasteiger partial charge >= 0.3 is 5.97 Å². The molecular formula is C20H24BrClN2O2. The molecule has 3 rings (SSSR count). The van der Waals surface area contributed by atoms with E-state index in [0.29, 0.717) is 5.02 Å². The summed E-state index contributed by atoms with van der Waals surface area (Å²) in [6, 6.07) is 6.03. The Bertz CT molecular complexity index is 834. The number of carbonyl (C=O) groups is 1. The van der Waals surface area contributed by atoms with Crippen LogP contribution in [0.3, 0.4) is 0 Å². The molecule has 0 aliphatic carbocycles. The summed E-state index contributed by atoms with van der Waals surface area (Å²) in [5.74, 6) is 0.0130. The van der Waals surface area contributed by atoms with Gasteiger partial charge in [0.15, 0.2) is 0 Å². The fourth-order valence-electron chi connectivity index (χ4n) is 3.53. The Morgan fingerprint density at radius 1 is 1.38 bits per heavy atom. The van der Waals surface area contributed by atoms with Crippen molar-refractivity contribution in [3.8, 4) is 0 Å². The third-order valence-corrected chi connectivity index (χ3v) is 5.46. The van der Waals surface area contributed by atoms with Crippen molar-refractivity contribution in [1.82, 2.24) is 4.98 Å². The summed E-state index contributed by atoms with van der Waals surface area (Å²) in [6.45, 7) is 9.36. The lowest BCUT2D eigenvalue weighted by Crippen LogP contribution is -2.44. The zero-order chi connectivity index (χ0) is 19.1. The van der Waals surface area contributed by atoms with Crippen LogP contribution in [0.4, 0.5) is 5.69 Å². The maximum atomic E-state index is 12.5. The zero-order valence-corrected chi connectivity index (χ0v) is 17.9. The number of pyridine rings is 1. The lowest BCUT2D eigenvalue weighted by atomic mass is 9.86. The van der Waals surface area contributed by atoms with Crippen LogP contribution >= 0.6 is 27.5 Å². The SMILES string of the molecule is CC1CN(c2c(Cl)cnc3cc(Br)ccc23)CCC1C(=O)OC(C)(C)C. The molecule has 1 aromatic heterocycles. The first-order valence-electron chi connectivity index (χ1n) is 8.87. The molecule has 1 aliphatic rings. The van der Waals surface area contributed by atoms with E-state index in [4.69, 9.17) is 16.3 Å². The van der Waals surface area contributed by atoms with Crippen LogP contribution in [0.25, 0.3) is 10.9 Å². The van der Waals surface area contributed by atoms with E-state index in [1.807, 2.05) is 39.0 Å². The number of rotatable bonds is 2. The van der Waals surface area contributed by atoms with E-state index in [2.05, 4.69) is 32.7 Å². The van der Waals surface area contributed by atoms with Crippen molar-refractivity contribution in [2.24, 2.45) is 11.8 Å². The van der Waals surface area contributed by atoms with Gasteiger partial charge in [0.1, 0.15) is 5.60 Å². The first kappa shape index (κ1) is 19.4. The third-order valence-electron chi connectivity index (χ3n) is 4.69. The van der Waals surface area contributed by atoms with Crippen molar-refractivity contribution in [1.29, 1.82) is 0 Å². The number of piperidine rings is 1. The van der Waals surface area contributed by atoms with Gasteiger partial charge in [0, 0.05) is 29.1 Å². The molecule has 2 atom stereocenters. The molecule has 0 saturated carbocycles. The zero-order valence-electron chi connectivity index (χ0n) is 15.6. The highest BCUT2D eigenvalue weighted by Crippen LogP contribution is 2.38. The number of anilines is 1. The highest BCUT2D eigenvalue weighted by atomic mass is 79.9. The smallest absolute Gasteiger partial charge is 0.309 e. The molecule has 2 heterocycles. The Morgan fingerprint density at radius 2 is 2.12 bits per heavy atom. The average Bonchev–Trinajstić information content (AvgIpc) is 2.53. The molecule has 1 aliphatic heterocycles. The van der Waals surface area contributed by atoms with Gasteiger partial charge in [-0.3, -0.25) is 9.78 Å². The van der Waals surface area contributed by atoms with E-state index >= 15 is 0 Å². The second-order valence-corrected chi connectivity index (χ2v) is 9.29. The Balaban J connectivity index is 1.84. The second-order valence-electron chi connectivity index (χ2n) is 7.97. The number of halogens is 2. The maximum absolute atomic E-state index is 12.5. The molecule has 1 fully saturated rings. The quantitative estimate of drug-likeness (QED) is 0.583. The Kier molecular flexibility index (Phi) is 5.50. The van der Waals surface area contributed by atoms with Crippen LogP contribution in [0.2, 0.25) is 5.02 Å². The fourth-order valence-corrected chi connectivity index (χ4v) is 4.14. The lowest BCUT2D eigenvalue weighted by Gasteiger charge is -2.38. The maximum Gasteiger partial charge on any atom is 0.309 e. The summed E-state index contributed by atoms with van der Waals surface area (Å²) in [7, 11) is 0. The molecule has 2 aromatic rings. The van der Waals surface area contributed by atoms with Gasteiger partial charge in [0.25, 0.3) is 0 Å². The van der Waals surface area contributed by atoms with Crippen LogP contribution < -0.4 is 4.90 Å². The number of benzene rings is 1. The minimum absolute atomic E-state index is 0.0773. The van der Waals surface area contributed by atoms with E-state index in [1.165, 1.54) is 0 Å². The second kappa shape index (κ2) is 7.35. The summed E-state index contributed by atoms with van der Waals surface area (Å²) in [6.07, 6.45) is 2.46. The average molecular weight is 440 g/mol. The number of hydrogen-bond acceptors (Lipinski definition) is 4. The molecular weight excluding hydrogens is 416 g/mol. The topological polar surface area (TPSA) is 42.4 Å². The molecule has 0 spiro atoms. The summed E-state index contributed by atoms with van der Waals surface area (Å²) >= 11 is 9.99. The molecule has 1 saturated heterocycles. The van der Waals surface area contributed by atoms with Gasteiger partial charge in [-0.15, -0.1) is 0 Å². The third kappa shape index (κ3) is 4.15. The van der Waals surface area contributed by atoms with Gasteiger partial charge in [0.2, 0.25) is 0 Å². The summed E-state index contributed by atoms with van der Waals surface area (Å²) in [4.78, 5) is 19.2. The lowest BCUT2D eigenvalue weighted by molar-refractivity contribution is -0.162. The van der Waals surface area contributed by atoms with E-state index in [1.54, 1.807) is 6.20 Å². The monoisotopic (exact) mass is 438 g/mol. The Labute approximate surface area is 168 Å². The van der Waals surface area contributed by atoms with Gasteiger partial charge in [-0.05, 0) is 51.3 Å². The molecule has 6 heteroatoms. The number of carbonyl (C=O) groups excluding carboxylic acids is 1. The Morgan fingerprint density at radius 3 is 2.77 bits per heavy atom. The van der Waals surface area contributed by atoms with Gasteiger partial charge in [-0.2, -0.15) is 0 Å². The molecule has 4 nitrogen and oxygen atoms in total. The number of aromatic nitrogens is 1. The number of hydrogen-bond donors (Lipinski definition) is 0. The van der Waals surface area contributed by atoms with Crippen molar-refractivity contribution in [2.45, 2.75) is 39.7 Å². The molecule has 26 heavy (non-hydrogen) atoms. The number of fused-ring (bicyclic) bond motifs is 1. The fraction of sp³-hybridized carbons (Fsp3) is 0.500. The van der Waals surface area contributed by atoms with Crippen molar-refractivity contribution >= 4 is 50.1 Å². The van der Waals surface area contributed by atoms with Crippen LogP contribution in [0.5, 0.6) is 0 Å². The van der Waals surface area contributed by atoms with Crippen molar-refractivity contribution in [3.05, 3.63) is 33.9 Å².